The van der Waals surface area contributed by atoms with Gasteiger partial charge in [-0.2, -0.15) is 5.10 Å². The highest BCUT2D eigenvalue weighted by Gasteiger charge is 2.08. The molecule has 0 saturated carbocycles. The lowest BCUT2D eigenvalue weighted by molar-refractivity contribution is 0.0954. The number of anilines is 1. The molecule has 0 fully saturated rings. The quantitative estimate of drug-likeness (QED) is 0.530. The van der Waals surface area contributed by atoms with E-state index >= 15 is 0 Å². The Kier molecular flexibility index (Phi) is 5.50. The van der Waals surface area contributed by atoms with Gasteiger partial charge in [-0.1, -0.05) is 6.07 Å². The maximum absolute atomic E-state index is 12.9. The van der Waals surface area contributed by atoms with Crippen LogP contribution in [0.1, 0.15) is 25.6 Å². The minimum absolute atomic E-state index is 0.344. The zero-order chi connectivity index (χ0) is 18.4. The van der Waals surface area contributed by atoms with Crippen LogP contribution in [0.15, 0.2) is 71.1 Å². The van der Waals surface area contributed by atoms with Gasteiger partial charge in [-0.15, -0.1) is 11.3 Å². The van der Waals surface area contributed by atoms with Gasteiger partial charge in [0.1, 0.15) is 5.82 Å². The van der Waals surface area contributed by atoms with E-state index in [0.717, 1.165) is 4.88 Å². The molecule has 0 unspecified atom stereocenters. The van der Waals surface area contributed by atoms with E-state index in [1.807, 2.05) is 17.5 Å². The molecule has 0 aliphatic heterocycles. The number of nitrogens with zero attached hydrogens (tertiary/aromatic N) is 1. The normalized spacial score (nSPS) is 10.7. The molecule has 3 aromatic rings. The Morgan fingerprint density at radius 3 is 2.23 bits per heavy atom. The van der Waals surface area contributed by atoms with Crippen LogP contribution in [0.3, 0.4) is 0 Å². The second-order valence-corrected chi connectivity index (χ2v) is 6.23. The van der Waals surface area contributed by atoms with Gasteiger partial charge in [0.25, 0.3) is 11.8 Å². The number of carbonyl (C=O) groups excluding carboxylic acids is 2. The molecule has 3 rings (SSSR count). The standard InChI is InChI=1S/C19H14FN3O2S/c20-15-7-3-13(4-8-15)18(24)22-16-9-5-14(6-10-16)19(25)23-21-12-17-2-1-11-26-17/h1-12H,(H,22,24)(H,23,25)/b21-12+. The first kappa shape index (κ1) is 17.5. The van der Waals surface area contributed by atoms with E-state index in [1.54, 1.807) is 30.5 Å². The van der Waals surface area contributed by atoms with Crippen LogP contribution in [-0.4, -0.2) is 18.0 Å². The second kappa shape index (κ2) is 8.17. The summed E-state index contributed by atoms with van der Waals surface area (Å²) in [6, 6.07) is 15.4. The lowest BCUT2D eigenvalue weighted by Crippen LogP contribution is -2.17. The minimum Gasteiger partial charge on any atom is -0.322 e. The molecule has 130 valence electrons. The number of nitrogens with one attached hydrogen (secondary N) is 2. The van der Waals surface area contributed by atoms with Crippen LogP contribution in [-0.2, 0) is 0 Å². The Hall–Kier alpha value is -3.32. The maximum Gasteiger partial charge on any atom is 0.271 e. The van der Waals surface area contributed by atoms with Crippen molar-refractivity contribution in [1.29, 1.82) is 0 Å². The number of hydrogen-bond donors (Lipinski definition) is 2. The van der Waals surface area contributed by atoms with Crippen LogP contribution in [0.2, 0.25) is 0 Å². The smallest absolute Gasteiger partial charge is 0.271 e. The topological polar surface area (TPSA) is 70.6 Å². The number of rotatable bonds is 5. The third-order valence-corrected chi connectivity index (χ3v) is 4.22. The predicted molar refractivity (Wildman–Crippen MR) is 100 cm³/mol. The number of halogens is 1. The molecule has 0 aliphatic rings. The molecular formula is C19H14FN3O2S. The van der Waals surface area contributed by atoms with E-state index in [0.29, 0.717) is 16.8 Å². The number of hydrogen-bond acceptors (Lipinski definition) is 4. The number of amides is 2. The van der Waals surface area contributed by atoms with Crippen molar-refractivity contribution in [1.82, 2.24) is 5.43 Å². The summed E-state index contributed by atoms with van der Waals surface area (Å²) in [4.78, 5) is 25.0. The Morgan fingerprint density at radius 1 is 0.923 bits per heavy atom. The van der Waals surface area contributed by atoms with Crippen molar-refractivity contribution in [3.63, 3.8) is 0 Å². The van der Waals surface area contributed by atoms with Crippen LogP contribution >= 0.6 is 11.3 Å². The van der Waals surface area contributed by atoms with Gasteiger partial charge < -0.3 is 5.32 Å². The molecule has 0 aliphatic carbocycles. The Labute approximate surface area is 153 Å². The Bertz CT molecular complexity index is 920. The minimum atomic E-state index is -0.404. The molecule has 1 heterocycles. The average Bonchev–Trinajstić information content (AvgIpc) is 3.16. The van der Waals surface area contributed by atoms with E-state index in [1.165, 1.54) is 35.6 Å². The summed E-state index contributed by atoms with van der Waals surface area (Å²) in [5.74, 6) is -1.12. The van der Waals surface area contributed by atoms with Crippen molar-refractivity contribution in [2.75, 3.05) is 5.32 Å². The fourth-order valence-electron chi connectivity index (χ4n) is 2.09. The number of thiophene rings is 1. The Morgan fingerprint density at radius 2 is 1.58 bits per heavy atom. The van der Waals surface area contributed by atoms with Crippen molar-refractivity contribution in [3.05, 3.63) is 87.9 Å². The first-order chi connectivity index (χ1) is 12.6. The lowest BCUT2D eigenvalue weighted by atomic mass is 10.1. The molecule has 2 aromatic carbocycles. The molecule has 0 bridgehead atoms. The lowest BCUT2D eigenvalue weighted by Gasteiger charge is -2.06. The third-order valence-electron chi connectivity index (χ3n) is 3.41. The monoisotopic (exact) mass is 367 g/mol. The van der Waals surface area contributed by atoms with E-state index in [2.05, 4.69) is 15.8 Å². The van der Waals surface area contributed by atoms with Crippen molar-refractivity contribution < 1.29 is 14.0 Å². The van der Waals surface area contributed by atoms with Crippen molar-refractivity contribution in [2.45, 2.75) is 0 Å². The molecule has 0 atom stereocenters. The summed E-state index contributed by atoms with van der Waals surface area (Å²) >= 11 is 1.52. The van der Waals surface area contributed by atoms with Crippen molar-refractivity contribution >= 4 is 35.1 Å². The number of benzene rings is 2. The zero-order valence-electron chi connectivity index (χ0n) is 13.5. The van der Waals surface area contributed by atoms with E-state index in [9.17, 15) is 14.0 Å². The Balaban J connectivity index is 1.58. The fourth-order valence-corrected chi connectivity index (χ4v) is 2.68. The van der Waals surface area contributed by atoms with Crippen LogP contribution in [0.25, 0.3) is 0 Å². The van der Waals surface area contributed by atoms with E-state index < -0.39 is 5.82 Å². The molecule has 0 saturated heterocycles. The summed E-state index contributed by atoms with van der Waals surface area (Å²) in [5.41, 5.74) is 3.72. The average molecular weight is 367 g/mol. The SMILES string of the molecule is O=C(N/N=C/c1cccs1)c1ccc(NC(=O)c2ccc(F)cc2)cc1. The molecule has 1 aromatic heterocycles. The molecule has 26 heavy (non-hydrogen) atoms. The molecule has 7 heteroatoms. The van der Waals surface area contributed by atoms with Crippen molar-refractivity contribution in [2.24, 2.45) is 5.10 Å². The van der Waals surface area contributed by atoms with Crippen molar-refractivity contribution in [3.8, 4) is 0 Å². The molecule has 0 radical (unpaired) electrons. The first-order valence-corrected chi connectivity index (χ1v) is 8.54. The second-order valence-electron chi connectivity index (χ2n) is 5.25. The summed E-state index contributed by atoms with van der Waals surface area (Å²) in [7, 11) is 0. The molecule has 2 amide bonds. The molecule has 5 nitrogen and oxygen atoms in total. The first-order valence-electron chi connectivity index (χ1n) is 7.66. The highest BCUT2D eigenvalue weighted by atomic mass is 32.1. The third kappa shape index (κ3) is 4.61. The summed E-state index contributed by atoms with van der Waals surface area (Å²) < 4.78 is 12.9. The largest absolute Gasteiger partial charge is 0.322 e. The van der Waals surface area contributed by atoms with Gasteiger partial charge in [-0.25, -0.2) is 9.82 Å². The summed E-state index contributed by atoms with van der Waals surface area (Å²) in [6.45, 7) is 0. The molecule has 0 spiro atoms. The summed E-state index contributed by atoms with van der Waals surface area (Å²) in [5, 5.41) is 8.50. The molecular weight excluding hydrogens is 353 g/mol. The van der Waals surface area contributed by atoms with Crippen LogP contribution in [0.4, 0.5) is 10.1 Å². The van der Waals surface area contributed by atoms with Gasteiger partial charge >= 0.3 is 0 Å². The van der Waals surface area contributed by atoms with Crippen LogP contribution in [0.5, 0.6) is 0 Å². The van der Waals surface area contributed by atoms with Gasteiger partial charge in [0.05, 0.1) is 6.21 Å². The molecule has 2 N–H and O–H groups in total. The van der Waals surface area contributed by atoms with Gasteiger partial charge in [-0.3, -0.25) is 9.59 Å². The van der Waals surface area contributed by atoms with E-state index in [4.69, 9.17) is 0 Å². The zero-order valence-corrected chi connectivity index (χ0v) is 14.3. The van der Waals surface area contributed by atoms with Crippen LogP contribution < -0.4 is 10.7 Å². The highest BCUT2D eigenvalue weighted by molar-refractivity contribution is 7.11. The van der Waals surface area contributed by atoms with Gasteiger partial charge in [0.15, 0.2) is 0 Å². The van der Waals surface area contributed by atoms with Gasteiger partial charge in [0.2, 0.25) is 0 Å². The fraction of sp³-hybridized carbons (Fsp3) is 0. The van der Waals surface area contributed by atoms with Gasteiger partial charge in [0, 0.05) is 21.7 Å². The van der Waals surface area contributed by atoms with E-state index in [-0.39, 0.29) is 11.8 Å². The highest BCUT2D eigenvalue weighted by Crippen LogP contribution is 2.12. The summed E-state index contributed by atoms with van der Waals surface area (Å²) in [6.07, 6.45) is 1.57. The maximum atomic E-state index is 12.9. The predicted octanol–water partition coefficient (Wildman–Crippen LogP) is 3.90. The van der Waals surface area contributed by atoms with Crippen LogP contribution in [0, 0.1) is 5.82 Å². The number of carbonyl (C=O) groups is 2. The van der Waals surface area contributed by atoms with Gasteiger partial charge in [-0.05, 0) is 60.0 Å². The number of hydrazone groups is 1.